The van der Waals surface area contributed by atoms with E-state index in [4.69, 9.17) is 4.52 Å². The van der Waals surface area contributed by atoms with Crippen LogP contribution in [0.25, 0.3) is 0 Å². The van der Waals surface area contributed by atoms with Gasteiger partial charge in [0.1, 0.15) is 5.76 Å². The molecule has 0 aromatic carbocycles. The largest absolute Gasteiger partial charge is 0.360 e. The molecule has 1 aliphatic heterocycles. The Morgan fingerprint density at radius 3 is 2.82 bits per heavy atom. The number of hydrogen-bond acceptors (Lipinski definition) is 4. The van der Waals surface area contributed by atoms with Crippen LogP contribution in [0.15, 0.2) is 10.6 Å². The van der Waals surface area contributed by atoms with Crippen LogP contribution in [0.3, 0.4) is 0 Å². The second-order valence-electron chi connectivity index (χ2n) is 6.71. The number of nitrogens with one attached hydrogen (secondary N) is 1. The summed E-state index contributed by atoms with van der Waals surface area (Å²) in [7, 11) is 0. The van der Waals surface area contributed by atoms with Crippen molar-refractivity contribution in [1.82, 2.24) is 10.1 Å². The average Bonchev–Trinajstić information content (AvgIpc) is 2.74. The van der Waals surface area contributed by atoms with Crippen LogP contribution in [0, 0.1) is 18.8 Å². The highest BCUT2D eigenvalue weighted by Gasteiger charge is 2.28. The summed E-state index contributed by atoms with van der Waals surface area (Å²) in [4.78, 5) is 14.9. The van der Waals surface area contributed by atoms with Crippen LogP contribution in [0.1, 0.15) is 52.2 Å². The van der Waals surface area contributed by atoms with Crippen molar-refractivity contribution in [3.8, 4) is 0 Å². The number of carbonyl (C=O) groups is 1. The van der Waals surface area contributed by atoms with Crippen molar-refractivity contribution in [1.29, 1.82) is 0 Å². The molecule has 0 aliphatic carbocycles. The molecule has 2 rings (SSSR count). The van der Waals surface area contributed by atoms with Gasteiger partial charge in [-0.25, -0.2) is 0 Å². The lowest BCUT2D eigenvalue weighted by molar-refractivity contribution is -0.121. The van der Waals surface area contributed by atoms with Crippen LogP contribution >= 0.6 is 0 Å². The third-order valence-electron chi connectivity index (χ3n) is 4.76. The number of nitrogens with zero attached hydrogens (tertiary/aromatic N) is 2. The van der Waals surface area contributed by atoms with Crippen LogP contribution < -0.4 is 5.32 Å². The van der Waals surface area contributed by atoms with Gasteiger partial charge in [0.15, 0.2) is 5.82 Å². The van der Waals surface area contributed by atoms with Crippen molar-refractivity contribution < 1.29 is 9.32 Å². The first-order chi connectivity index (χ1) is 10.5. The molecule has 2 atom stereocenters. The standard InChI is InChI=1S/C17H29N3O2/c1-5-15(17(21)18-16-11-13(4)22-19-16)20-9-6-7-14(8-10-20)12(2)3/h11-12,14-15H,5-10H2,1-4H3,(H,18,19,21). The maximum atomic E-state index is 12.5. The maximum absolute atomic E-state index is 12.5. The Kier molecular flexibility index (Phi) is 6.00. The lowest BCUT2D eigenvalue weighted by atomic mass is 9.89. The molecule has 2 unspecified atom stereocenters. The molecule has 22 heavy (non-hydrogen) atoms. The number of amides is 1. The van der Waals surface area contributed by atoms with Crippen molar-refractivity contribution in [3.63, 3.8) is 0 Å². The van der Waals surface area contributed by atoms with Crippen LogP contribution in [0.5, 0.6) is 0 Å². The first-order valence-corrected chi connectivity index (χ1v) is 8.49. The molecule has 5 heteroatoms. The Morgan fingerprint density at radius 2 is 2.23 bits per heavy atom. The van der Waals surface area contributed by atoms with Gasteiger partial charge in [-0.1, -0.05) is 25.9 Å². The molecule has 1 aliphatic rings. The van der Waals surface area contributed by atoms with E-state index in [0.717, 1.165) is 31.3 Å². The van der Waals surface area contributed by atoms with E-state index in [9.17, 15) is 4.79 Å². The average molecular weight is 307 g/mol. The van der Waals surface area contributed by atoms with E-state index >= 15 is 0 Å². The summed E-state index contributed by atoms with van der Waals surface area (Å²) in [6.07, 6.45) is 4.45. The SMILES string of the molecule is CCC(C(=O)Nc1cc(C)on1)N1CCCC(C(C)C)CC1. The zero-order valence-corrected chi connectivity index (χ0v) is 14.3. The fourth-order valence-electron chi connectivity index (χ4n) is 3.37. The molecule has 0 bridgehead atoms. The topological polar surface area (TPSA) is 58.4 Å². The molecule has 1 aromatic rings. The van der Waals surface area contributed by atoms with Crippen molar-refractivity contribution in [2.24, 2.45) is 11.8 Å². The van der Waals surface area contributed by atoms with Crippen molar-refractivity contribution in [2.45, 2.75) is 59.4 Å². The van der Waals surface area contributed by atoms with Crippen molar-refractivity contribution in [2.75, 3.05) is 18.4 Å². The second-order valence-corrected chi connectivity index (χ2v) is 6.71. The Balaban J connectivity index is 1.96. The fourth-order valence-corrected chi connectivity index (χ4v) is 3.37. The molecular formula is C17H29N3O2. The third kappa shape index (κ3) is 4.32. The third-order valence-corrected chi connectivity index (χ3v) is 4.76. The molecule has 1 N–H and O–H groups in total. The first kappa shape index (κ1) is 17.0. The van der Waals surface area contributed by atoms with Gasteiger partial charge in [0.25, 0.3) is 0 Å². The lowest BCUT2D eigenvalue weighted by Gasteiger charge is -2.28. The molecule has 0 saturated carbocycles. The highest BCUT2D eigenvalue weighted by atomic mass is 16.5. The number of aryl methyl sites for hydroxylation is 1. The van der Waals surface area contributed by atoms with Crippen LogP contribution in [0.2, 0.25) is 0 Å². The molecular weight excluding hydrogens is 278 g/mol. The van der Waals surface area contributed by atoms with Crippen LogP contribution in [0.4, 0.5) is 5.82 Å². The highest BCUT2D eigenvalue weighted by molar-refractivity contribution is 5.93. The Bertz CT molecular complexity index is 484. The van der Waals surface area contributed by atoms with E-state index in [1.165, 1.54) is 19.3 Å². The van der Waals surface area contributed by atoms with Crippen molar-refractivity contribution >= 4 is 11.7 Å². The Labute approximate surface area is 133 Å². The molecule has 124 valence electrons. The minimum atomic E-state index is -0.0806. The predicted molar refractivity (Wildman–Crippen MR) is 87.7 cm³/mol. The van der Waals surface area contributed by atoms with Gasteiger partial charge >= 0.3 is 0 Å². The van der Waals surface area contributed by atoms with E-state index in [1.54, 1.807) is 6.07 Å². The molecule has 0 radical (unpaired) electrons. The van der Waals surface area contributed by atoms with E-state index in [2.05, 4.69) is 36.1 Å². The van der Waals surface area contributed by atoms with Crippen LogP contribution in [-0.2, 0) is 4.79 Å². The minimum absolute atomic E-state index is 0.0267. The number of aromatic nitrogens is 1. The summed E-state index contributed by atoms with van der Waals surface area (Å²) < 4.78 is 5.01. The minimum Gasteiger partial charge on any atom is -0.360 e. The van der Waals surface area contributed by atoms with Crippen molar-refractivity contribution in [3.05, 3.63) is 11.8 Å². The Hall–Kier alpha value is -1.36. The summed E-state index contributed by atoms with van der Waals surface area (Å²) in [6.45, 7) is 10.5. The van der Waals surface area contributed by atoms with E-state index in [1.807, 2.05) is 6.92 Å². The molecule has 0 spiro atoms. The number of hydrogen-bond donors (Lipinski definition) is 1. The number of likely N-dealkylation sites (tertiary alicyclic amines) is 1. The number of anilines is 1. The van der Waals surface area contributed by atoms with Gasteiger partial charge in [0, 0.05) is 6.07 Å². The first-order valence-electron chi connectivity index (χ1n) is 8.49. The summed E-state index contributed by atoms with van der Waals surface area (Å²) in [6, 6.07) is 1.67. The molecule has 1 aromatic heterocycles. The number of rotatable bonds is 5. The van der Waals surface area contributed by atoms with Gasteiger partial charge in [-0.3, -0.25) is 9.69 Å². The zero-order chi connectivity index (χ0) is 16.1. The van der Waals surface area contributed by atoms with E-state index < -0.39 is 0 Å². The monoisotopic (exact) mass is 307 g/mol. The highest BCUT2D eigenvalue weighted by Crippen LogP contribution is 2.26. The van der Waals surface area contributed by atoms with Gasteiger partial charge in [-0.05, 0) is 57.5 Å². The van der Waals surface area contributed by atoms with E-state index in [0.29, 0.717) is 11.6 Å². The predicted octanol–water partition coefficient (Wildman–Crippen LogP) is 3.46. The van der Waals surface area contributed by atoms with Gasteiger partial charge in [0.05, 0.1) is 6.04 Å². The summed E-state index contributed by atoms with van der Waals surface area (Å²) in [5, 5.41) is 6.73. The van der Waals surface area contributed by atoms with Gasteiger partial charge in [0.2, 0.25) is 5.91 Å². The maximum Gasteiger partial charge on any atom is 0.242 e. The number of carbonyl (C=O) groups excluding carboxylic acids is 1. The summed E-state index contributed by atoms with van der Waals surface area (Å²) in [5.74, 6) is 2.75. The molecule has 5 nitrogen and oxygen atoms in total. The van der Waals surface area contributed by atoms with Gasteiger partial charge in [-0.15, -0.1) is 0 Å². The smallest absolute Gasteiger partial charge is 0.242 e. The van der Waals surface area contributed by atoms with Crippen LogP contribution in [-0.4, -0.2) is 35.1 Å². The fraction of sp³-hybridized carbons (Fsp3) is 0.765. The molecule has 1 fully saturated rings. The van der Waals surface area contributed by atoms with Gasteiger partial charge < -0.3 is 9.84 Å². The van der Waals surface area contributed by atoms with E-state index in [-0.39, 0.29) is 11.9 Å². The lowest BCUT2D eigenvalue weighted by Crippen LogP contribution is -2.44. The normalized spacial score (nSPS) is 21.6. The zero-order valence-electron chi connectivity index (χ0n) is 14.3. The quantitative estimate of drug-likeness (QED) is 0.905. The molecule has 2 heterocycles. The molecule has 1 saturated heterocycles. The summed E-state index contributed by atoms with van der Waals surface area (Å²) in [5.41, 5.74) is 0. The second kappa shape index (κ2) is 7.77. The molecule has 1 amide bonds. The van der Waals surface area contributed by atoms with Gasteiger partial charge in [-0.2, -0.15) is 0 Å². The Morgan fingerprint density at radius 1 is 1.45 bits per heavy atom. The summed E-state index contributed by atoms with van der Waals surface area (Å²) >= 11 is 0.